The molecule has 1 atom stereocenters. The number of hydrogen-bond donors (Lipinski definition) is 0. The van der Waals surface area contributed by atoms with Gasteiger partial charge < -0.3 is 4.90 Å². The highest BCUT2D eigenvalue weighted by molar-refractivity contribution is 7.92. The molecule has 1 aromatic heterocycles. The maximum atomic E-state index is 13.4. The Balaban J connectivity index is 1.59. The fourth-order valence-corrected chi connectivity index (χ4v) is 7.35. The number of rotatable bonds is 7. The molecule has 9 heteroatoms. The van der Waals surface area contributed by atoms with Crippen LogP contribution in [0.1, 0.15) is 64.7 Å². The van der Waals surface area contributed by atoms with Gasteiger partial charge in [0.1, 0.15) is 6.54 Å². The number of benzene rings is 1. The Hall–Kier alpha value is -2.42. The summed E-state index contributed by atoms with van der Waals surface area (Å²) in [5.74, 6) is -0.176. The minimum Gasteiger partial charge on any atom is -0.338 e. The average molecular weight is 490 g/mol. The number of carbonyl (C=O) groups is 1. The van der Waals surface area contributed by atoms with Crippen molar-refractivity contribution in [3.8, 4) is 0 Å². The molecular weight excluding hydrogens is 454 g/mol. The van der Waals surface area contributed by atoms with E-state index >= 15 is 0 Å². The van der Waals surface area contributed by atoms with Crippen LogP contribution in [-0.4, -0.2) is 51.9 Å². The second-order valence-electron chi connectivity index (χ2n) is 9.76. The van der Waals surface area contributed by atoms with E-state index in [0.717, 1.165) is 43.1 Å². The van der Waals surface area contributed by atoms with Crippen molar-refractivity contribution in [2.24, 2.45) is 0 Å². The van der Waals surface area contributed by atoms with E-state index in [2.05, 4.69) is 0 Å². The Morgan fingerprint density at radius 3 is 2.41 bits per heavy atom. The topological polar surface area (TPSA) is 98.4 Å². The first-order valence-corrected chi connectivity index (χ1v) is 14.2. The smallest absolute Gasteiger partial charge is 0.331 e. The van der Waals surface area contributed by atoms with Gasteiger partial charge >= 0.3 is 5.69 Å². The molecule has 2 aliphatic rings. The van der Waals surface area contributed by atoms with Gasteiger partial charge in [0.15, 0.2) is 9.84 Å². The van der Waals surface area contributed by atoms with Crippen molar-refractivity contribution in [1.29, 1.82) is 0 Å². The van der Waals surface area contributed by atoms with E-state index in [0.29, 0.717) is 30.3 Å². The Morgan fingerprint density at radius 1 is 0.971 bits per heavy atom. The van der Waals surface area contributed by atoms with Crippen molar-refractivity contribution in [2.45, 2.75) is 89.1 Å². The molecule has 186 valence electrons. The van der Waals surface area contributed by atoms with Crippen LogP contribution >= 0.6 is 0 Å². The molecule has 4 rings (SSSR count). The third-order valence-corrected chi connectivity index (χ3v) is 9.76. The number of likely N-dealkylation sites (tertiary alicyclic amines) is 1. The highest BCUT2D eigenvalue weighted by Crippen LogP contribution is 2.24. The van der Waals surface area contributed by atoms with E-state index in [1.165, 1.54) is 4.57 Å². The Kier molecular flexibility index (Phi) is 7.60. The number of hydrogen-bond acceptors (Lipinski definition) is 5. The third kappa shape index (κ3) is 5.14. The number of nitrogens with zero attached hydrogens (tertiary/aromatic N) is 3. The van der Waals surface area contributed by atoms with Gasteiger partial charge in [0.05, 0.1) is 21.9 Å². The molecule has 8 nitrogen and oxygen atoms in total. The van der Waals surface area contributed by atoms with E-state index in [-0.39, 0.29) is 42.5 Å². The van der Waals surface area contributed by atoms with Gasteiger partial charge in [-0.3, -0.25) is 18.7 Å². The van der Waals surface area contributed by atoms with Crippen LogP contribution in [-0.2, 0) is 27.7 Å². The fraction of sp³-hybridized carbons (Fsp3) is 0.640. The maximum absolute atomic E-state index is 13.4. The van der Waals surface area contributed by atoms with Crippen molar-refractivity contribution >= 4 is 26.6 Å². The Morgan fingerprint density at radius 2 is 1.68 bits per heavy atom. The third-order valence-electron chi connectivity index (χ3n) is 7.42. The number of amides is 1. The fourth-order valence-electron chi connectivity index (χ4n) is 5.43. The van der Waals surface area contributed by atoms with Crippen LogP contribution in [0.15, 0.2) is 33.9 Å². The SMILES string of the molecule is C[C@H]1CCCCN1C(=O)Cn1c(=O)n(CCCS(=O)(=O)C2CCCCC2)c(=O)c2ccccc21. The summed E-state index contributed by atoms with van der Waals surface area (Å²) >= 11 is 0. The van der Waals surface area contributed by atoms with Crippen molar-refractivity contribution in [2.75, 3.05) is 12.3 Å². The molecule has 1 saturated heterocycles. The highest BCUT2D eigenvalue weighted by Gasteiger charge is 2.27. The maximum Gasteiger partial charge on any atom is 0.331 e. The van der Waals surface area contributed by atoms with Crippen molar-refractivity contribution in [3.05, 3.63) is 45.1 Å². The molecule has 1 aliphatic heterocycles. The number of aromatic nitrogens is 2. The van der Waals surface area contributed by atoms with Gasteiger partial charge in [-0.2, -0.15) is 0 Å². The molecule has 0 bridgehead atoms. The van der Waals surface area contributed by atoms with Gasteiger partial charge in [0, 0.05) is 19.1 Å². The molecule has 2 aromatic rings. The predicted octanol–water partition coefficient (Wildman–Crippen LogP) is 2.70. The van der Waals surface area contributed by atoms with Crippen LogP contribution in [0.2, 0.25) is 0 Å². The van der Waals surface area contributed by atoms with Crippen LogP contribution in [0.4, 0.5) is 0 Å². The number of sulfone groups is 1. The molecule has 1 saturated carbocycles. The lowest BCUT2D eigenvalue weighted by Gasteiger charge is -2.33. The van der Waals surface area contributed by atoms with Gasteiger partial charge in [-0.05, 0) is 57.6 Å². The second-order valence-corrected chi connectivity index (χ2v) is 12.2. The molecule has 0 N–H and O–H groups in total. The molecule has 0 radical (unpaired) electrons. The van der Waals surface area contributed by atoms with Crippen molar-refractivity contribution < 1.29 is 13.2 Å². The van der Waals surface area contributed by atoms with Crippen LogP contribution in [0.25, 0.3) is 10.9 Å². The largest absolute Gasteiger partial charge is 0.338 e. The molecule has 0 unspecified atom stereocenters. The molecule has 2 heterocycles. The van der Waals surface area contributed by atoms with Gasteiger partial charge in [-0.15, -0.1) is 0 Å². The van der Waals surface area contributed by atoms with Crippen LogP contribution in [0.3, 0.4) is 0 Å². The van der Waals surface area contributed by atoms with Gasteiger partial charge in [-0.25, -0.2) is 13.2 Å². The first-order chi connectivity index (χ1) is 16.3. The lowest BCUT2D eigenvalue weighted by molar-refractivity contribution is -0.135. The zero-order valence-electron chi connectivity index (χ0n) is 19.9. The number of carbonyl (C=O) groups excluding carboxylic acids is 1. The molecule has 0 spiro atoms. The monoisotopic (exact) mass is 489 g/mol. The minimum atomic E-state index is -3.26. The first kappa shape index (κ1) is 24.7. The zero-order chi connectivity index (χ0) is 24.3. The van der Waals surface area contributed by atoms with E-state index < -0.39 is 21.1 Å². The lowest BCUT2D eigenvalue weighted by atomic mass is 10.0. The second kappa shape index (κ2) is 10.5. The predicted molar refractivity (Wildman–Crippen MR) is 133 cm³/mol. The summed E-state index contributed by atoms with van der Waals surface area (Å²) in [5.41, 5.74) is -0.566. The number of para-hydroxylation sites is 1. The number of piperidine rings is 1. The van der Waals surface area contributed by atoms with Gasteiger partial charge in [-0.1, -0.05) is 31.4 Å². The Bertz CT molecular complexity index is 1260. The molecule has 1 aromatic carbocycles. The first-order valence-electron chi connectivity index (χ1n) is 12.5. The Labute approximate surface area is 200 Å². The summed E-state index contributed by atoms with van der Waals surface area (Å²) in [6, 6.07) is 6.93. The van der Waals surface area contributed by atoms with Gasteiger partial charge in [0.2, 0.25) is 5.91 Å². The molecule has 2 fully saturated rings. The average Bonchev–Trinajstić information content (AvgIpc) is 2.84. The van der Waals surface area contributed by atoms with E-state index in [4.69, 9.17) is 0 Å². The number of fused-ring (bicyclic) bond motifs is 1. The molecule has 34 heavy (non-hydrogen) atoms. The minimum absolute atomic E-state index is 0.0166. The van der Waals surface area contributed by atoms with E-state index in [1.54, 1.807) is 24.3 Å². The summed E-state index contributed by atoms with van der Waals surface area (Å²) in [6.45, 7) is 2.57. The lowest BCUT2D eigenvalue weighted by Crippen LogP contribution is -2.47. The van der Waals surface area contributed by atoms with Crippen LogP contribution in [0, 0.1) is 0 Å². The van der Waals surface area contributed by atoms with Crippen LogP contribution in [0.5, 0.6) is 0 Å². The normalized spacial score (nSPS) is 20.0. The zero-order valence-corrected chi connectivity index (χ0v) is 20.8. The summed E-state index contributed by atoms with van der Waals surface area (Å²) in [7, 11) is -3.26. The summed E-state index contributed by atoms with van der Waals surface area (Å²) in [6.07, 6.45) is 7.50. The standard InChI is InChI=1S/C25H35N3O5S/c1-19-10-7-8-15-26(19)23(29)18-28-22-14-6-5-13-21(22)24(30)27(25(28)31)16-9-17-34(32,33)20-11-3-2-4-12-20/h5-6,13-14,19-20H,2-4,7-12,15-18H2,1H3/t19-/m0/s1. The van der Waals surface area contributed by atoms with E-state index in [9.17, 15) is 22.8 Å². The molecule has 1 aliphatic carbocycles. The summed E-state index contributed by atoms with van der Waals surface area (Å²) in [4.78, 5) is 41.4. The molecular formula is C25H35N3O5S. The quantitative estimate of drug-likeness (QED) is 0.596. The van der Waals surface area contributed by atoms with E-state index in [1.807, 2.05) is 11.8 Å². The van der Waals surface area contributed by atoms with Crippen molar-refractivity contribution in [1.82, 2.24) is 14.0 Å². The van der Waals surface area contributed by atoms with Crippen LogP contribution < -0.4 is 11.2 Å². The molecule has 1 amide bonds. The van der Waals surface area contributed by atoms with Gasteiger partial charge in [0.25, 0.3) is 5.56 Å². The van der Waals surface area contributed by atoms with Crippen molar-refractivity contribution in [3.63, 3.8) is 0 Å². The summed E-state index contributed by atoms with van der Waals surface area (Å²) < 4.78 is 28.0. The summed E-state index contributed by atoms with van der Waals surface area (Å²) in [5, 5.41) is 0.0483. The highest BCUT2D eigenvalue weighted by atomic mass is 32.2.